The first-order valence-electron chi connectivity index (χ1n) is 5.76. The number of halogens is 1. The van der Waals surface area contributed by atoms with E-state index in [4.69, 9.17) is 5.26 Å². The largest absolute Gasteiger partial charge is 0.354 e. The first-order valence-corrected chi connectivity index (χ1v) is 5.76. The molecule has 4 nitrogen and oxygen atoms in total. The molecule has 96 valence electrons. The highest BCUT2D eigenvalue weighted by atomic mass is 19.1. The summed E-state index contributed by atoms with van der Waals surface area (Å²) in [6.07, 6.45) is 0.305. The number of nitrogens with zero attached hydrogens (tertiary/aromatic N) is 1. The molecule has 1 rings (SSSR count). The third kappa shape index (κ3) is 4.93. The number of rotatable bonds is 6. The molecule has 1 aromatic rings. The van der Waals surface area contributed by atoms with E-state index in [2.05, 4.69) is 10.6 Å². The van der Waals surface area contributed by atoms with Crippen molar-refractivity contribution in [3.8, 4) is 6.07 Å². The molecule has 0 unspecified atom stereocenters. The molecule has 1 atom stereocenters. The molecule has 0 saturated carbocycles. The van der Waals surface area contributed by atoms with Crippen molar-refractivity contribution in [2.24, 2.45) is 0 Å². The normalized spacial score (nSPS) is 11.6. The van der Waals surface area contributed by atoms with Gasteiger partial charge in [-0.3, -0.25) is 4.79 Å². The molecule has 0 fully saturated rings. The summed E-state index contributed by atoms with van der Waals surface area (Å²) in [6.45, 7) is 2.43. The average molecular weight is 249 g/mol. The highest BCUT2D eigenvalue weighted by molar-refractivity contribution is 5.78. The molecular formula is C13H16FN3O. The molecule has 18 heavy (non-hydrogen) atoms. The third-order valence-corrected chi connectivity index (χ3v) is 2.50. The molecule has 0 saturated heterocycles. The first kappa shape index (κ1) is 14.1. The zero-order valence-electron chi connectivity index (χ0n) is 10.2. The first-order chi connectivity index (χ1) is 8.63. The second-order valence-corrected chi connectivity index (χ2v) is 3.91. The van der Waals surface area contributed by atoms with Crippen LogP contribution in [0, 0.1) is 17.1 Å². The summed E-state index contributed by atoms with van der Waals surface area (Å²) in [5.74, 6) is -0.431. The van der Waals surface area contributed by atoms with E-state index in [0.29, 0.717) is 13.0 Å². The number of carbonyl (C=O) groups excluding carboxylic acids is 1. The minimum Gasteiger partial charge on any atom is -0.354 e. The van der Waals surface area contributed by atoms with Gasteiger partial charge in [0.2, 0.25) is 5.91 Å². The molecule has 0 aromatic heterocycles. The SMILES string of the molecule is C[C@@H](NCC(=O)NCCC#N)c1ccc(F)cc1. The molecule has 0 aliphatic carbocycles. The van der Waals surface area contributed by atoms with Gasteiger partial charge < -0.3 is 10.6 Å². The van der Waals surface area contributed by atoms with Gasteiger partial charge in [-0.2, -0.15) is 5.26 Å². The van der Waals surface area contributed by atoms with Crippen LogP contribution in [0.5, 0.6) is 0 Å². The van der Waals surface area contributed by atoms with E-state index in [-0.39, 0.29) is 24.3 Å². The van der Waals surface area contributed by atoms with Crippen LogP contribution >= 0.6 is 0 Å². The van der Waals surface area contributed by atoms with E-state index < -0.39 is 0 Å². The minimum atomic E-state index is -0.278. The lowest BCUT2D eigenvalue weighted by Gasteiger charge is -2.13. The zero-order chi connectivity index (χ0) is 13.4. The molecule has 1 aromatic carbocycles. The maximum Gasteiger partial charge on any atom is 0.234 e. The Bertz CT molecular complexity index is 425. The van der Waals surface area contributed by atoms with Crippen molar-refractivity contribution in [3.63, 3.8) is 0 Å². The number of hydrogen-bond acceptors (Lipinski definition) is 3. The summed E-state index contributed by atoms with van der Waals surface area (Å²) in [5.41, 5.74) is 0.918. The maximum absolute atomic E-state index is 12.7. The van der Waals surface area contributed by atoms with Crippen LogP contribution < -0.4 is 10.6 Å². The standard InChI is InChI=1S/C13H16FN3O/c1-10(11-3-5-12(14)6-4-11)17-9-13(18)16-8-2-7-15/h3-6,10,17H,2,8-9H2,1H3,(H,16,18)/t10-/m1/s1. The van der Waals surface area contributed by atoms with Crippen LogP contribution in [-0.4, -0.2) is 19.0 Å². The Hall–Kier alpha value is -1.93. The number of carbonyl (C=O) groups is 1. The Morgan fingerprint density at radius 1 is 1.44 bits per heavy atom. The van der Waals surface area contributed by atoms with Crippen LogP contribution in [0.1, 0.15) is 24.9 Å². The second-order valence-electron chi connectivity index (χ2n) is 3.91. The number of amides is 1. The Morgan fingerprint density at radius 2 is 2.11 bits per heavy atom. The van der Waals surface area contributed by atoms with Crippen molar-refractivity contribution in [2.75, 3.05) is 13.1 Å². The molecule has 0 aliphatic heterocycles. The van der Waals surface area contributed by atoms with E-state index >= 15 is 0 Å². The van der Waals surface area contributed by atoms with E-state index in [1.807, 2.05) is 13.0 Å². The van der Waals surface area contributed by atoms with Crippen LogP contribution in [0.3, 0.4) is 0 Å². The molecule has 0 radical (unpaired) electrons. The Labute approximate surface area is 106 Å². The van der Waals surface area contributed by atoms with E-state index in [9.17, 15) is 9.18 Å². The van der Waals surface area contributed by atoms with Gasteiger partial charge in [0, 0.05) is 12.6 Å². The second kappa shape index (κ2) is 7.41. The summed E-state index contributed by atoms with van der Waals surface area (Å²) in [7, 11) is 0. The summed E-state index contributed by atoms with van der Waals surface area (Å²) < 4.78 is 12.7. The zero-order valence-corrected chi connectivity index (χ0v) is 10.2. The number of hydrogen-bond donors (Lipinski definition) is 2. The van der Waals surface area contributed by atoms with Gasteiger partial charge in [-0.1, -0.05) is 12.1 Å². The highest BCUT2D eigenvalue weighted by Gasteiger charge is 2.07. The van der Waals surface area contributed by atoms with Gasteiger partial charge in [-0.15, -0.1) is 0 Å². The number of nitrogens with one attached hydrogen (secondary N) is 2. The molecule has 0 heterocycles. The lowest BCUT2D eigenvalue weighted by atomic mass is 10.1. The monoisotopic (exact) mass is 249 g/mol. The average Bonchev–Trinajstić information content (AvgIpc) is 2.37. The van der Waals surface area contributed by atoms with Crippen LogP contribution in [0.15, 0.2) is 24.3 Å². The van der Waals surface area contributed by atoms with Gasteiger partial charge in [-0.05, 0) is 24.6 Å². The third-order valence-electron chi connectivity index (χ3n) is 2.50. The molecule has 5 heteroatoms. The lowest BCUT2D eigenvalue weighted by molar-refractivity contribution is -0.120. The van der Waals surface area contributed by atoms with Crippen molar-refractivity contribution in [1.29, 1.82) is 5.26 Å². The molecular weight excluding hydrogens is 233 g/mol. The number of benzene rings is 1. The van der Waals surface area contributed by atoms with Crippen molar-refractivity contribution in [2.45, 2.75) is 19.4 Å². The summed E-state index contributed by atoms with van der Waals surface area (Å²) in [6, 6.07) is 8.05. The predicted molar refractivity (Wildman–Crippen MR) is 66.1 cm³/mol. The fourth-order valence-corrected chi connectivity index (χ4v) is 1.44. The highest BCUT2D eigenvalue weighted by Crippen LogP contribution is 2.12. The minimum absolute atomic E-state index is 0.0349. The predicted octanol–water partition coefficient (Wildman–Crippen LogP) is 1.51. The van der Waals surface area contributed by atoms with Gasteiger partial charge in [0.1, 0.15) is 5.82 Å². The van der Waals surface area contributed by atoms with E-state index in [1.165, 1.54) is 12.1 Å². The van der Waals surface area contributed by atoms with Crippen molar-refractivity contribution >= 4 is 5.91 Å². The summed E-state index contributed by atoms with van der Waals surface area (Å²) in [5, 5.41) is 14.0. The van der Waals surface area contributed by atoms with Gasteiger partial charge in [-0.25, -0.2) is 4.39 Å². The van der Waals surface area contributed by atoms with Gasteiger partial charge >= 0.3 is 0 Å². The Morgan fingerprint density at radius 3 is 2.72 bits per heavy atom. The summed E-state index contributed by atoms with van der Waals surface area (Å²) in [4.78, 5) is 11.4. The molecule has 0 bridgehead atoms. The van der Waals surface area contributed by atoms with Crippen molar-refractivity contribution in [3.05, 3.63) is 35.6 Å². The van der Waals surface area contributed by atoms with Crippen LogP contribution in [0.25, 0.3) is 0 Å². The quantitative estimate of drug-likeness (QED) is 0.751. The van der Waals surface area contributed by atoms with E-state index in [1.54, 1.807) is 12.1 Å². The Balaban J connectivity index is 2.32. The molecule has 0 aliphatic rings. The Kier molecular flexibility index (Phi) is 5.81. The topological polar surface area (TPSA) is 64.9 Å². The van der Waals surface area contributed by atoms with Gasteiger partial charge in [0.05, 0.1) is 19.0 Å². The molecule has 0 spiro atoms. The maximum atomic E-state index is 12.7. The van der Waals surface area contributed by atoms with Crippen LogP contribution in [0.4, 0.5) is 4.39 Å². The van der Waals surface area contributed by atoms with E-state index in [0.717, 1.165) is 5.56 Å². The van der Waals surface area contributed by atoms with Gasteiger partial charge in [0.15, 0.2) is 0 Å². The van der Waals surface area contributed by atoms with Crippen LogP contribution in [-0.2, 0) is 4.79 Å². The summed E-state index contributed by atoms with van der Waals surface area (Å²) >= 11 is 0. The van der Waals surface area contributed by atoms with Crippen molar-refractivity contribution in [1.82, 2.24) is 10.6 Å². The number of nitriles is 1. The fourth-order valence-electron chi connectivity index (χ4n) is 1.44. The van der Waals surface area contributed by atoms with Crippen molar-refractivity contribution < 1.29 is 9.18 Å². The fraction of sp³-hybridized carbons (Fsp3) is 0.385. The lowest BCUT2D eigenvalue weighted by Crippen LogP contribution is -2.35. The molecule has 1 amide bonds. The van der Waals surface area contributed by atoms with Gasteiger partial charge in [0.25, 0.3) is 0 Å². The molecule has 2 N–H and O–H groups in total. The van der Waals surface area contributed by atoms with Crippen LogP contribution in [0.2, 0.25) is 0 Å². The smallest absolute Gasteiger partial charge is 0.234 e.